The first-order chi connectivity index (χ1) is 12.0. The molecular formula is C19H16ClN3O2. The summed E-state index contributed by atoms with van der Waals surface area (Å²) in [6.45, 7) is 1.79. The van der Waals surface area contributed by atoms with Gasteiger partial charge in [-0.2, -0.15) is 0 Å². The molecular weight excluding hydrogens is 338 g/mol. The lowest BCUT2D eigenvalue weighted by molar-refractivity contribution is 0.0962. The average molecular weight is 354 g/mol. The molecule has 0 saturated heterocycles. The van der Waals surface area contributed by atoms with Gasteiger partial charge in [0.25, 0.3) is 11.8 Å². The number of pyridine rings is 1. The van der Waals surface area contributed by atoms with E-state index >= 15 is 0 Å². The van der Waals surface area contributed by atoms with Crippen molar-refractivity contribution in [3.63, 3.8) is 0 Å². The van der Waals surface area contributed by atoms with Gasteiger partial charge >= 0.3 is 0 Å². The van der Waals surface area contributed by atoms with Crippen LogP contribution >= 0.6 is 11.6 Å². The van der Waals surface area contributed by atoms with Crippen LogP contribution in [0.2, 0.25) is 5.02 Å². The second kappa shape index (κ2) is 6.91. The predicted molar refractivity (Wildman–Crippen MR) is 99.3 cm³/mol. The number of nitrogens with one attached hydrogen (secondary N) is 2. The number of carbonyl (C=O) groups excluding carboxylic acids is 2. The van der Waals surface area contributed by atoms with Crippen LogP contribution in [0.4, 0.5) is 5.69 Å². The number of nitrogens with zero attached hydrogens (tertiary/aromatic N) is 1. The molecule has 2 aromatic carbocycles. The molecule has 2 amide bonds. The summed E-state index contributed by atoms with van der Waals surface area (Å²) in [5.74, 6) is -0.441. The van der Waals surface area contributed by atoms with Gasteiger partial charge in [0, 0.05) is 28.7 Å². The van der Waals surface area contributed by atoms with E-state index in [1.54, 1.807) is 56.4 Å². The first-order valence-corrected chi connectivity index (χ1v) is 8.06. The largest absolute Gasteiger partial charge is 0.355 e. The van der Waals surface area contributed by atoms with Crippen molar-refractivity contribution >= 4 is 40.0 Å². The van der Waals surface area contributed by atoms with Gasteiger partial charge in [-0.1, -0.05) is 11.6 Å². The van der Waals surface area contributed by atoms with Crippen molar-refractivity contribution in [1.82, 2.24) is 10.3 Å². The summed E-state index contributed by atoms with van der Waals surface area (Å²) in [6.07, 6.45) is 0. The smallest absolute Gasteiger partial charge is 0.257 e. The molecule has 0 bridgehead atoms. The first kappa shape index (κ1) is 16.9. The van der Waals surface area contributed by atoms with Gasteiger partial charge < -0.3 is 10.6 Å². The SMILES string of the molecule is CNC(=O)c1ccc(NC(=O)c2cc3cc(Cl)ccc3nc2C)cc1. The fraction of sp³-hybridized carbons (Fsp3) is 0.105. The number of halogens is 1. The number of rotatable bonds is 3. The van der Waals surface area contributed by atoms with E-state index in [1.165, 1.54) is 0 Å². The maximum Gasteiger partial charge on any atom is 0.257 e. The Morgan fingerprint density at radius 3 is 2.40 bits per heavy atom. The van der Waals surface area contributed by atoms with E-state index in [2.05, 4.69) is 15.6 Å². The van der Waals surface area contributed by atoms with Crippen molar-refractivity contribution in [1.29, 1.82) is 0 Å². The third-order valence-electron chi connectivity index (χ3n) is 3.84. The van der Waals surface area contributed by atoms with Crippen LogP contribution in [-0.2, 0) is 0 Å². The van der Waals surface area contributed by atoms with E-state index in [1.807, 2.05) is 6.07 Å². The lowest BCUT2D eigenvalue weighted by Gasteiger charge is -2.09. The number of aromatic nitrogens is 1. The Morgan fingerprint density at radius 1 is 1.00 bits per heavy atom. The van der Waals surface area contributed by atoms with Crippen LogP contribution in [0.15, 0.2) is 48.5 Å². The zero-order chi connectivity index (χ0) is 18.0. The number of amides is 2. The summed E-state index contributed by atoms with van der Waals surface area (Å²) in [4.78, 5) is 28.6. The molecule has 0 saturated carbocycles. The van der Waals surface area contributed by atoms with Gasteiger partial charge in [-0.25, -0.2) is 0 Å². The molecule has 0 unspecified atom stereocenters. The molecule has 0 aliphatic rings. The minimum atomic E-state index is -0.264. The molecule has 1 heterocycles. The van der Waals surface area contributed by atoms with Gasteiger partial charge in [-0.15, -0.1) is 0 Å². The third-order valence-corrected chi connectivity index (χ3v) is 4.08. The van der Waals surface area contributed by atoms with E-state index in [9.17, 15) is 9.59 Å². The Labute approximate surface area is 150 Å². The van der Waals surface area contributed by atoms with Crippen molar-refractivity contribution in [2.24, 2.45) is 0 Å². The Kier molecular flexibility index (Phi) is 4.67. The van der Waals surface area contributed by atoms with Gasteiger partial charge in [0.2, 0.25) is 0 Å². The van der Waals surface area contributed by atoms with Gasteiger partial charge in [-0.05, 0) is 55.5 Å². The second-order valence-electron chi connectivity index (χ2n) is 5.57. The predicted octanol–water partition coefficient (Wildman–Crippen LogP) is 3.81. The monoisotopic (exact) mass is 353 g/mol. The highest BCUT2D eigenvalue weighted by Gasteiger charge is 2.13. The van der Waals surface area contributed by atoms with Crippen LogP contribution < -0.4 is 10.6 Å². The van der Waals surface area contributed by atoms with Crippen molar-refractivity contribution in [3.8, 4) is 0 Å². The Bertz CT molecular complexity index is 968. The third kappa shape index (κ3) is 3.61. The Balaban J connectivity index is 1.86. The van der Waals surface area contributed by atoms with Crippen LogP contribution in [-0.4, -0.2) is 23.8 Å². The fourth-order valence-corrected chi connectivity index (χ4v) is 2.70. The minimum Gasteiger partial charge on any atom is -0.355 e. The number of carbonyl (C=O) groups is 2. The molecule has 0 atom stereocenters. The zero-order valence-corrected chi connectivity index (χ0v) is 14.5. The van der Waals surface area contributed by atoms with E-state index in [-0.39, 0.29) is 11.8 Å². The van der Waals surface area contributed by atoms with E-state index in [4.69, 9.17) is 11.6 Å². The highest BCUT2D eigenvalue weighted by atomic mass is 35.5. The molecule has 0 fully saturated rings. The molecule has 6 heteroatoms. The molecule has 0 radical (unpaired) electrons. The lowest BCUT2D eigenvalue weighted by atomic mass is 10.1. The van der Waals surface area contributed by atoms with Crippen LogP contribution in [0.1, 0.15) is 26.4 Å². The fourth-order valence-electron chi connectivity index (χ4n) is 2.52. The van der Waals surface area contributed by atoms with E-state index < -0.39 is 0 Å². The average Bonchev–Trinajstić information content (AvgIpc) is 2.61. The molecule has 2 N–H and O–H groups in total. The van der Waals surface area contributed by atoms with Gasteiger partial charge in [0.1, 0.15) is 0 Å². The highest BCUT2D eigenvalue weighted by molar-refractivity contribution is 6.31. The summed E-state index contributed by atoms with van der Waals surface area (Å²) >= 11 is 6.01. The first-order valence-electron chi connectivity index (χ1n) is 7.68. The van der Waals surface area contributed by atoms with Crippen LogP contribution in [0.3, 0.4) is 0 Å². The van der Waals surface area contributed by atoms with Crippen molar-refractivity contribution in [3.05, 3.63) is 70.4 Å². The standard InChI is InChI=1S/C19H16ClN3O2/c1-11-16(10-13-9-14(20)5-8-17(13)22-11)19(25)23-15-6-3-12(4-7-15)18(24)21-2/h3-10H,1-2H3,(H,21,24)(H,23,25). The Morgan fingerprint density at radius 2 is 1.72 bits per heavy atom. The number of aryl methyl sites for hydroxylation is 1. The van der Waals surface area contributed by atoms with Crippen molar-refractivity contribution in [2.45, 2.75) is 6.92 Å². The quantitative estimate of drug-likeness (QED) is 0.752. The molecule has 5 nitrogen and oxygen atoms in total. The zero-order valence-electron chi connectivity index (χ0n) is 13.8. The molecule has 126 valence electrons. The molecule has 3 aromatic rings. The summed E-state index contributed by atoms with van der Waals surface area (Å²) in [7, 11) is 1.57. The molecule has 0 aliphatic heterocycles. The summed E-state index contributed by atoms with van der Waals surface area (Å²) in [6, 6.07) is 13.8. The molecule has 25 heavy (non-hydrogen) atoms. The molecule has 3 rings (SSSR count). The summed E-state index contributed by atoms with van der Waals surface area (Å²) in [5, 5.41) is 6.77. The van der Waals surface area contributed by atoms with Crippen molar-refractivity contribution in [2.75, 3.05) is 12.4 Å². The number of hydrogen-bond acceptors (Lipinski definition) is 3. The van der Waals surface area contributed by atoms with E-state index in [0.29, 0.717) is 27.5 Å². The minimum absolute atomic E-state index is 0.177. The Hall–Kier alpha value is -2.92. The highest BCUT2D eigenvalue weighted by Crippen LogP contribution is 2.21. The van der Waals surface area contributed by atoms with E-state index in [0.717, 1.165) is 10.9 Å². The maximum absolute atomic E-state index is 12.6. The molecule has 0 spiro atoms. The number of fused-ring (bicyclic) bond motifs is 1. The maximum atomic E-state index is 12.6. The molecule has 0 aliphatic carbocycles. The summed E-state index contributed by atoms with van der Waals surface area (Å²) < 4.78 is 0. The van der Waals surface area contributed by atoms with Gasteiger partial charge in [0.05, 0.1) is 16.8 Å². The van der Waals surface area contributed by atoms with Crippen molar-refractivity contribution < 1.29 is 9.59 Å². The molecule has 1 aromatic heterocycles. The lowest BCUT2D eigenvalue weighted by Crippen LogP contribution is -2.18. The van der Waals surface area contributed by atoms with Gasteiger partial charge in [0.15, 0.2) is 0 Å². The van der Waals surface area contributed by atoms with Crippen LogP contribution in [0.5, 0.6) is 0 Å². The van der Waals surface area contributed by atoms with Gasteiger partial charge in [-0.3, -0.25) is 14.6 Å². The number of anilines is 1. The number of benzene rings is 2. The van der Waals surface area contributed by atoms with Crippen LogP contribution in [0.25, 0.3) is 10.9 Å². The normalized spacial score (nSPS) is 10.5. The topological polar surface area (TPSA) is 71.1 Å². The second-order valence-corrected chi connectivity index (χ2v) is 6.01. The summed E-state index contributed by atoms with van der Waals surface area (Å²) in [5.41, 5.74) is 3.02. The van der Waals surface area contributed by atoms with Crippen LogP contribution in [0, 0.1) is 6.92 Å². The number of hydrogen-bond donors (Lipinski definition) is 2.